The average molecular weight is 493 g/mol. The molecule has 7 heteroatoms. The summed E-state index contributed by atoms with van der Waals surface area (Å²) >= 11 is 5.87. The van der Waals surface area contributed by atoms with Crippen molar-refractivity contribution < 1.29 is 4.74 Å². The van der Waals surface area contributed by atoms with Crippen molar-refractivity contribution in [3.05, 3.63) is 81.1 Å². The zero-order valence-electron chi connectivity index (χ0n) is 21.0. The van der Waals surface area contributed by atoms with Crippen LogP contribution in [-0.2, 0) is 11.3 Å². The molecular formula is C28H36N4O2S. The summed E-state index contributed by atoms with van der Waals surface area (Å²) in [5.74, 6) is 0. The van der Waals surface area contributed by atoms with Crippen LogP contribution in [0, 0.1) is 13.8 Å². The van der Waals surface area contributed by atoms with Crippen LogP contribution in [0.5, 0.6) is 0 Å². The maximum atomic E-state index is 13.1. The van der Waals surface area contributed by atoms with Crippen LogP contribution in [0.1, 0.15) is 41.6 Å². The second-order valence-electron chi connectivity index (χ2n) is 9.41. The number of rotatable bonds is 8. The first-order valence-corrected chi connectivity index (χ1v) is 12.9. The molecule has 4 rings (SSSR count). The number of hydrogen-bond donors (Lipinski definition) is 2. The molecule has 186 valence electrons. The van der Waals surface area contributed by atoms with Gasteiger partial charge in [0.15, 0.2) is 5.11 Å². The fourth-order valence-electron chi connectivity index (χ4n) is 4.56. The Bertz CT molecular complexity index is 1200. The van der Waals surface area contributed by atoms with E-state index < -0.39 is 0 Å². The molecular weight excluding hydrogens is 456 g/mol. The molecule has 1 saturated heterocycles. The van der Waals surface area contributed by atoms with Crippen molar-refractivity contribution in [1.82, 2.24) is 20.1 Å². The van der Waals surface area contributed by atoms with E-state index in [1.54, 1.807) is 0 Å². The molecule has 2 heterocycles. The van der Waals surface area contributed by atoms with Gasteiger partial charge in [-0.1, -0.05) is 42.5 Å². The Morgan fingerprint density at radius 1 is 1.17 bits per heavy atom. The van der Waals surface area contributed by atoms with Gasteiger partial charge in [0.25, 0.3) is 5.56 Å². The molecule has 1 fully saturated rings. The van der Waals surface area contributed by atoms with E-state index >= 15 is 0 Å². The number of morpholine rings is 1. The first-order valence-electron chi connectivity index (χ1n) is 12.4. The number of hydrogen-bond acceptors (Lipinski definition) is 4. The summed E-state index contributed by atoms with van der Waals surface area (Å²) in [4.78, 5) is 20.7. The van der Waals surface area contributed by atoms with Gasteiger partial charge in [-0.2, -0.15) is 0 Å². The van der Waals surface area contributed by atoms with Crippen LogP contribution in [0.25, 0.3) is 10.9 Å². The first kappa shape index (κ1) is 25.4. The molecule has 2 aromatic carbocycles. The predicted octanol–water partition coefficient (Wildman–Crippen LogP) is 4.30. The predicted molar refractivity (Wildman–Crippen MR) is 147 cm³/mol. The van der Waals surface area contributed by atoms with Gasteiger partial charge < -0.3 is 19.9 Å². The highest BCUT2D eigenvalue weighted by Crippen LogP contribution is 2.20. The molecule has 3 aromatic rings. The third-order valence-electron chi connectivity index (χ3n) is 6.92. The SMILES string of the molecule is Cc1ccc2cc(CN(CCCN3CCOCC3)C(=S)N[C@H](C)c3ccccc3)c(=O)[nH]c2c1C. The number of nitrogens with one attached hydrogen (secondary N) is 2. The molecule has 0 saturated carbocycles. The normalized spacial score (nSPS) is 15.2. The quantitative estimate of drug-likeness (QED) is 0.457. The number of nitrogens with zero attached hydrogens (tertiary/aromatic N) is 2. The smallest absolute Gasteiger partial charge is 0.253 e. The lowest BCUT2D eigenvalue weighted by molar-refractivity contribution is 0.0367. The highest BCUT2D eigenvalue weighted by molar-refractivity contribution is 7.80. The van der Waals surface area contributed by atoms with Crippen LogP contribution in [0.3, 0.4) is 0 Å². The monoisotopic (exact) mass is 492 g/mol. The molecule has 6 nitrogen and oxygen atoms in total. The standard InChI is InChI=1S/C28H36N4O2S/c1-20-10-11-24-18-25(27(33)30-26(24)21(20)2)19-32(13-7-12-31-14-16-34-17-15-31)28(35)29-22(3)23-8-5-4-6-9-23/h4-6,8-11,18,22H,7,12-17,19H2,1-3H3,(H,29,35)(H,30,33)/t22-/m1/s1. The Kier molecular flexibility index (Phi) is 8.55. The fraction of sp³-hybridized carbons (Fsp3) is 0.429. The third-order valence-corrected chi connectivity index (χ3v) is 7.30. The molecule has 1 aromatic heterocycles. The van der Waals surface area contributed by atoms with E-state index in [0.29, 0.717) is 11.7 Å². The van der Waals surface area contributed by atoms with Crippen molar-refractivity contribution >= 4 is 28.2 Å². The van der Waals surface area contributed by atoms with Gasteiger partial charge in [-0.25, -0.2) is 0 Å². The first-order chi connectivity index (χ1) is 16.9. The molecule has 1 aliphatic heterocycles. The number of H-pyrrole nitrogens is 1. The second-order valence-corrected chi connectivity index (χ2v) is 9.79. The Morgan fingerprint density at radius 3 is 2.66 bits per heavy atom. The average Bonchev–Trinajstić information content (AvgIpc) is 2.87. The summed E-state index contributed by atoms with van der Waals surface area (Å²) in [6.45, 7) is 12.0. The minimum atomic E-state index is -0.0525. The summed E-state index contributed by atoms with van der Waals surface area (Å²) in [5, 5.41) is 5.21. The van der Waals surface area contributed by atoms with Crippen LogP contribution in [-0.4, -0.2) is 59.3 Å². The van der Waals surface area contributed by atoms with Crippen molar-refractivity contribution in [2.75, 3.05) is 39.4 Å². The van der Waals surface area contributed by atoms with Gasteiger partial charge in [-0.15, -0.1) is 0 Å². The van der Waals surface area contributed by atoms with Crippen LogP contribution in [0.2, 0.25) is 0 Å². The van der Waals surface area contributed by atoms with E-state index in [1.807, 2.05) is 24.3 Å². The van der Waals surface area contributed by atoms with Crippen molar-refractivity contribution in [3.63, 3.8) is 0 Å². The van der Waals surface area contributed by atoms with Crippen molar-refractivity contribution in [2.24, 2.45) is 0 Å². The van der Waals surface area contributed by atoms with Crippen LogP contribution in [0.15, 0.2) is 53.3 Å². The largest absolute Gasteiger partial charge is 0.379 e. The maximum absolute atomic E-state index is 13.1. The molecule has 0 spiro atoms. The van der Waals surface area contributed by atoms with Crippen LogP contribution < -0.4 is 10.9 Å². The fourth-order valence-corrected chi connectivity index (χ4v) is 4.89. The zero-order chi connectivity index (χ0) is 24.8. The molecule has 1 aliphatic rings. The summed E-state index contributed by atoms with van der Waals surface area (Å²) in [5.41, 5.74) is 5.05. The van der Waals surface area contributed by atoms with Gasteiger partial charge in [0.05, 0.1) is 31.3 Å². The Morgan fingerprint density at radius 2 is 1.91 bits per heavy atom. The Balaban J connectivity index is 1.52. The highest BCUT2D eigenvalue weighted by Gasteiger charge is 2.17. The molecule has 1 atom stereocenters. The lowest BCUT2D eigenvalue weighted by Gasteiger charge is -2.30. The van der Waals surface area contributed by atoms with Gasteiger partial charge in [0.1, 0.15) is 0 Å². The Labute approximate surface area is 213 Å². The van der Waals surface area contributed by atoms with Gasteiger partial charge in [-0.05, 0) is 67.6 Å². The summed E-state index contributed by atoms with van der Waals surface area (Å²) in [7, 11) is 0. The van der Waals surface area contributed by atoms with E-state index in [0.717, 1.165) is 67.8 Å². The number of fused-ring (bicyclic) bond motifs is 1. The van der Waals surface area contributed by atoms with E-state index in [1.165, 1.54) is 11.1 Å². The van der Waals surface area contributed by atoms with Crippen LogP contribution in [0.4, 0.5) is 0 Å². The van der Waals surface area contributed by atoms with Crippen molar-refractivity contribution in [1.29, 1.82) is 0 Å². The van der Waals surface area contributed by atoms with E-state index in [4.69, 9.17) is 17.0 Å². The molecule has 2 N–H and O–H groups in total. The van der Waals surface area contributed by atoms with E-state index in [2.05, 4.69) is 65.1 Å². The van der Waals surface area contributed by atoms with E-state index in [-0.39, 0.29) is 11.6 Å². The lowest BCUT2D eigenvalue weighted by atomic mass is 10.0. The second kappa shape index (κ2) is 11.8. The minimum absolute atomic E-state index is 0.0525. The molecule has 0 radical (unpaired) electrons. The number of aryl methyl sites for hydroxylation is 2. The van der Waals surface area contributed by atoms with Crippen LogP contribution >= 0.6 is 12.2 Å². The van der Waals surface area contributed by atoms with Gasteiger partial charge >= 0.3 is 0 Å². The van der Waals surface area contributed by atoms with Gasteiger partial charge in [0, 0.05) is 31.7 Å². The zero-order valence-corrected chi connectivity index (χ0v) is 21.8. The summed E-state index contributed by atoms with van der Waals surface area (Å²) < 4.78 is 5.47. The molecule has 0 aliphatic carbocycles. The summed E-state index contributed by atoms with van der Waals surface area (Å²) in [6, 6.07) is 16.6. The van der Waals surface area contributed by atoms with E-state index in [9.17, 15) is 4.79 Å². The van der Waals surface area contributed by atoms with Crippen molar-refractivity contribution in [2.45, 2.75) is 39.8 Å². The number of aromatic amines is 1. The highest BCUT2D eigenvalue weighted by atomic mass is 32.1. The summed E-state index contributed by atoms with van der Waals surface area (Å²) in [6.07, 6.45) is 0.964. The maximum Gasteiger partial charge on any atom is 0.253 e. The number of benzene rings is 2. The number of ether oxygens (including phenoxy) is 1. The lowest BCUT2D eigenvalue weighted by Crippen LogP contribution is -2.43. The molecule has 0 bridgehead atoms. The topological polar surface area (TPSA) is 60.6 Å². The van der Waals surface area contributed by atoms with Crippen molar-refractivity contribution in [3.8, 4) is 0 Å². The third kappa shape index (κ3) is 6.48. The number of pyridine rings is 1. The molecule has 0 amide bonds. The number of thiocarbonyl (C=S) groups is 1. The molecule has 0 unspecified atom stereocenters. The minimum Gasteiger partial charge on any atom is -0.379 e. The van der Waals surface area contributed by atoms with Gasteiger partial charge in [-0.3, -0.25) is 9.69 Å². The number of aromatic nitrogens is 1. The van der Waals surface area contributed by atoms with Gasteiger partial charge in [0.2, 0.25) is 0 Å². The Hall–Kier alpha value is -2.74. The molecule has 35 heavy (non-hydrogen) atoms.